The molecule has 1 aliphatic carbocycles. The normalized spacial score (nSPS) is 30.8. The minimum Gasteiger partial charge on any atom is -0.469 e. The molecule has 16 heavy (non-hydrogen) atoms. The maximum absolute atomic E-state index is 12.0. The van der Waals surface area contributed by atoms with Crippen molar-refractivity contribution in [3.05, 3.63) is 0 Å². The number of rotatable bonds is 3. The molecule has 0 aromatic rings. The number of carbonyl (C=O) groups is 1. The predicted molar refractivity (Wildman–Crippen MR) is 61.1 cm³/mol. The number of ether oxygens (including phenoxy) is 2. The Balaban J connectivity index is 2.06. The quantitative estimate of drug-likeness (QED) is 0.548. The molecular weight excluding hydrogens is 204 g/mol. The first-order valence-corrected chi connectivity index (χ1v) is 6.18. The van der Waals surface area contributed by atoms with Crippen molar-refractivity contribution in [1.29, 1.82) is 0 Å². The molecule has 92 valence electrons. The fraction of sp³-hybridized carbons (Fsp3) is 0.923. The van der Waals surface area contributed by atoms with Crippen LogP contribution in [0, 0.1) is 10.8 Å². The Hall–Kier alpha value is -0.570. The lowest BCUT2D eigenvalue weighted by Gasteiger charge is -2.41. The lowest BCUT2D eigenvalue weighted by molar-refractivity contribution is -0.157. The Morgan fingerprint density at radius 2 is 1.88 bits per heavy atom. The topological polar surface area (TPSA) is 38.8 Å². The molecule has 1 aliphatic heterocycles. The largest absolute Gasteiger partial charge is 0.469 e. The van der Waals surface area contributed by atoms with Gasteiger partial charge < -0.3 is 9.47 Å². The van der Waals surface area contributed by atoms with E-state index in [4.69, 9.17) is 9.47 Å². The average molecular weight is 226 g/mol. The molecule has 1 saturated carbocycles. The van der Waals surface area contributed by atoms with Gasteiger partial charge in [-0.15, -0.1) is 0 Å². The fourth-order valence-electron chi connectivity index (χ4n) is 2.74. The van der Waals surface area contributed by atoms with Gasteiger partial charge in [-0.2, -0.15) is 0 Å². The van der Waals surface area contributed by atoms with Crippen molar-refractivity contribution in [2.75, 3.05) is 13.7 Å². The molecule has 0 radical (unpaired) electrons. The second-order valence-corrected chi connectivity index (χ2v) is 6.10. The molecule has 3 heteroatoms. The van der Waals surface area contributed by atoms with Crippen LogP contribution in [0.1, 0.15) is 46.0 Å². The van der Waals surface area contributed by atoms with Crippen LogP contribution in [-0.2, 0) is 14.3 Å². The van der Waals surface area contributed by atoms with Crippen LogP contribution < -0.4 is 0 Å². The van der Waals surface area contributed by atoms with Gasteiger partial charge in [-0.25, -0.2) is 0 Å². The second-order valence-electron chi connectivity index (χ2n) is 6.10. The van der Waals surface area contributed by atoms with Crippen molar-refractivity contribution in [2.45, 2.75) is 52.1 Å². The zero-order chi connectivity index (χ0) is 11.8. The van der Waals surface area contributed by atoms with Crippen LogP contribution in [0.15, 0.2) is 0 Å². The Morgan fingerprint density at radius 1 is 1.31 bits per heavy atom. The van der Waals surface area contributed by atoms with Gasteiger partial charge in [0.05, 0.1) is 25.2 Å². The number of methoxy groups -OCH3 is 1. The molecule has 0 bridgehead atoms. The van der Waals surface area contributed by atoms with Gasteiger partial charge in [-0.1, -0.05) is 13.8 Å². The number of hydrogen-bond acceptors (Lipinski definition) is 3. The van der Waals surface area contributed by atoms with E-state index >= 15 is 0 Å². The van der Waals surface area contributed by atoms with Gasteiger partial charge in [-0.3, -0.25) is 4.79 Å². The summed E-state index contributed by atoms with van der Waals surface area (Å²) < 4.78 is 10.3. The van der Waals surface area contributed by atoms with Crippen molar-refractivity contribution >= 4 is 5.97 Å². The fourth-order valence-corrected chi connectivity index (χ4v) is 2.74. The summed E-state index contributed by atoms with van der Waals surface area (Å²) in [5.41, 5.74) is 0.118. The highest BCUT2D eigenvalue weighted by atomic mass is 16.6. The Kier molecular flexibility index (Phi) is 2.99. The van der Waals surface area contributed by atoms with E-state index in [0.717, 1.165) is 38.7 Å². The molecule has 3 nitrogen and oxygen atoms in total. The van der Waals surface area contributed by atoms with E-state index in [2.05, 4.69) is 13.8 Å². The highest BCUT2D eigenvalue weighted by Gasteiger charge is 2.48. The summed E-state index contributed by atoms with van der Waals surface area (Å²) >= 11 is 0. The highest BCUT2D eigenvalue weighted by Crippen LogP contribution is 2.49. The molecule has 0 N–H and O–H groups in total. The van der Waals surface area contributed by atoms with Gasteiger partial charge in [0.2, 0.25) is 0 Å². The summed E-state index contributed by atoms with van der Waals surface area (Å²) in [5, 5.41) is 0. The number of esters is 1. The van der Waals surface area contributed by atoms with E-state index < -0.39 is 0 Å². The van der Waals surface area contributed by atoms with Gasteiger partial charge in [0.15, 0.2) is 0 Å². The van der Waals surface area contributed by atoms with Crippen molar-refractivity contribution in [1.82, 2.24) is 0 Å². The van der Waals surface area contributed by atoms with Crippen molar-refractivity contribution in [2.24, 2.45) is 10.8 Å². The van der Waals surface area contributed by atoms with Gasteiger partial charge in [-0.05, 0) is 37.5 Å². The number of epoxide rings is 1. The number of hydrogen-bond donors (Lipinski definition) is 0. The highest BCUT2D eigenvalue weighted by molar-refractivity contribution is 5.77. The Bertz CT molecular complexity index is 269. The van der Waals surface area contributed by atoms with Crippen LogP contribution in [0.5, 0.6) is 0 Å². The zero-order valence-corrected chi connectivity index (χ0v) is 10.5. The molecule has 0 aromatic heterocycles. The third-order valence-electron chi connectivity index (χ3n) is 4.20. The van der Waals surface area contributed by atoms with Crippen LogP contribution >= 0.6 is 0 Å². The average Bonchev–Trinajstić information content (AvgIpc) is 3.04. The van der Waals surface area contributed by atoms with Crippen LogP contribution in [-0.4, -0.2) is 25.8 Å². The third kappa shape index (κ3) is 2.40. The van der Waals surface area contributed by atoms with Gasteiger partial charge in [0.1, 0.15) is 0 Å². The maximum atomic E-state index is 12.0. The molecule has 1 saturated heterocycles. The number of carbonyl (C=O) groups excluding carboxylic acids is 1. The van der Waals surface area contributed by atoms with Crippen molar-refractivity contribution in [3.8, 4) is 0 Å². The molecule has 1 unspecified atom stereocenters. The van der Waals surface area contributed by atoms with Gasteiger partial charge >= 0.3 is 5.97 Å². The van der Waals surface area contributed by atoms with Crippen LogP contribution in [0.25, 0.3) is 0 Å². The molecule has 1 atom stereocenters. The van der Waals surface area contributed by atoms with E-state index in [9.17, 15) is 4.79 Å². The first kappa shape index (κ1) is 11.9. The molecule has 2 aliphatic rings. The first-order chi connectivity index (χ1) is 7.47. The summed E-state index contributed by atoms with van der Waals surface area (Å²) in [6.45, 7) is 5.38. The van der Waals surface area contributed by atoms with E-state index in [1.807, 2.05) is 0 Å². The molecule has 0 aromatic carbocycles. The summed E-state index contributed by atoms with van der Waals surface area (Å²) in [4.78, 5) is 12.0. The molecule has 0 amide bonds. The molecule has 2 rings (SSSR count). The summed E-state index contributed by atoms with van der Waals surface area (Å²) in [7, 11) is 1.50. The minimum absolute atomic E-state index is 0.0292. The lowest BCUT2D eigenvalue weighted by Crippen LogP contribution is -2.39. The zero-order valence-electron chi connectivity index (χ0n) is 10.5. The summed E-state index contributed by atoms with van der Waals surface area (Å²) in [6.07, 6.45) is 5.28. The van der Waals surface area contributed by atoms with E-state index in [0.29, 0.717) is 11.5 Å². The standard InChI is InChI=1S/C13H22O3/c1-12(2)4-6-13(7-5-12,11(14)15-3)8-10-9-16-10/h10H,4-9H2,1-3H3. The lowest BCUT2D eigenvalue weighted by atomic mass is 9.63. The van der Waals surface area contributed by atoms with Crippen molar-refractivity contribution in [3.63, 3.8) is 0 Å². The van der Waals surface area contributed by atoms with Crippen LogP contribution in [0.3, 0.4) is 0 Å². The Labute approximate surface area is 97.5 Å². The molecule has 1 heterocycles. The van der Waals surface area contributed by atoms with E-state index in [1.165, 1.54) is 7.11 Å². The molecule has 2 fully saturated rings. The summed E-state index contributed by atoms with van der Waals surface area (Å²) in [6, 6.07) is 0. The van der Waals surface area contributed by atoms with E-state index in [1.54, 1.807) is 0 Å². The van der Waals surface area contributed by atoms with Crippen LogP contribution in [0.4, 0.5) is 0 Å². The minimum atomic E-state index is -0.258. The monoisotopic (exact) mass is 226 g/mol. The van der Waals surface area contributed by atoms with E-state index in [-0.39, 0.29) is 11.4 Å². The SMILES string of the molecule is COC(=O)C1(CC2CO2)CCC(C)(C)CC1. The maximum Gasteiger partial charge on any atom is 0.311 e. The third-order valence-corrected chi connectivity index (χ3v) is 4.20. The molecular formula is C13H22O3. The smallest absolute Gasteiger partial charge is 0.311 e. The van der Waals surface area contributed by atoms with Crippen LogP contribution in [0.2, 0.25) is 0 Å². The summed E-state index contributed by atoms with van der Waals surface area (Å²) in [5.74, 6) is -0.0292. The first-order valence-electron chi connectivity index (χ1n) is 6.18. The molecule has 0 spiro atoms. The second kappa shape index (κ2) is 4.02. The van der Waals surface area contributed by atoms with Crippen molar-refractivity contribution < 1.29 is 14.3 Å². The predicted octanol–water partition coefficient (Wildman–Crippen LogP) is 2.53. The Morgan fingerprint density at radius 3 is 2.31 bits per heavy atom. The van der Waals surface area contributed by atoms with Gasteiger partial charge in [0, 0.05) is 0 Å². The van der Waals surface area contributed by atoms with Gasteiger partial charge in [0.25, 0.3) is 0 Å².